The van der Waals surface area contributed by atoms with E-state index in [1.165, 1.54) is 6.08 Å². The van der Waals surface area contributed by atoms with E-state index in [0.717, 1.165) is 33.7 Å². The van der Waals surface area contributed by atoms with Gasteiger partial charge in [-0.05, 0) is 61.7 Å². The van der Waals surface area contributed by atoms with Crippen LogP contribution in [0, 0.1) is 0 Å². The molecule has 6 rings (SSSR count). The average molecular weight is 572 g/mol. The number of hydrogen-bond acceptors (Lipinski definition) is 6. The molecule has 0 saturated carbocycles. The van der Waals surface area contributed by atoms with Crippen molar-refractivity contribution in [1.82, 2.24) is 14.5 Å². The molecule has 3 heterocycles. The molecular weight excluding hydrogens is 538 g/mol. The molecule has 3 atom stereocenters. The summed E-state index contributed by atoms with van der Waals surface area (Å²) in [6.07, 6.45) is 2.81. The molecule has 0 bridgehead atoms. The number of piperazine rings is 1. The lowest BCUT2D eigenvalue weighted by Gasteiger charge is -2.45. The molecule has 0 unspecified atom stereocenters. The average Bonchev–Trinajstić information content (AvgIpc) is 2.98. The highest BCUT2D eigenvalue weighted by molar-refractivity contribution is 6.35. The molecule has 9 heteroatoms. The van der Waals surface area contributed by atoms with Gasteiger partial charge in [-0.25, -0.2) is 4.79 Å². The fourth-order valence-corrected chi connectivity index (χ4v) is 6.68. The summed E-state index contributed by atoms with van der Waals surface area (Å²) < 4.78 is 8.32. The third-order valence-corrected chi connectivity index (χ3v) is 8.70. The second kappa shape index (κ2) is 10.8. The third kappa shape index (κ3) is 4.55. The van der Waals surface area contributed by atoms with Gasteiger partial charge in [0.05, 0.1) is 16.6 Å². The lowest BCUT2D eigenvalue weighted by molar-refractivity contribution is -0.128. The molecular formula is C32H34ClN5O3. The Morgan fingerprint density at radius 2 is 1.93 bits per heavy atom. The number of rotatable bonds is 6. The fourth-order valence-electron chi connectivity index (χ4n) is 6.38. The number of halogens is 1. The molecule has 0 spiro atoms. The predicted octanol–water partition coefficient (Wildman–Crippen LogP) is 5.15. The van der Waals surface area contributed by atoms with Gasteiger partial charge in [0, 0.05) is 36.1 Å². The zero-order valence-corrected chi connectivity index (χ0v) is 24.1. The maximum atomic E-state index is 13.9. The Labute approximate surface area is 244 Å². The van der Waals surface area contributed by atoms with Crippen LogP contribution in [-0.2, 0) is 4.79 Å². The van der Waals surface area contributed by atoms with Gasteiger partial charge in [-0.15, -0.1) is 0 Å². The predicted molar refractivity (Wildman–Crippen MR) is 165 cm³/mol. The molecule has 212 valence electrons. The number of carbonyl (C=O) groups excluding carboxylic acids is 1. The second-order valence-corrected chi connectivity index (χ2v) is 11.4. The van der Waals surface area contributed by atoms with Crippen molar-refractivity contribution in [2.45, 2.75) is 44.8 Å². The van der Waals surface area contributed by atoms with E-state index in [-0.39, 0.29) is 29.7 Å². The zero-order chi connectivity index (χ0) is 28.8. The van der Waals surface area contributed by atoms with Gasteiger partial charge in [0.25, 0.3) is 0 Å². The van der Waals surface area contributed by atoms with Crippen LogP contribution in [0.1, 0.15) is 32.7 Å². The number of anilines is 1. The summed E-state index contributed by atoms with van der Waals surface area (Å²) in [5, 5.41) is 3.43. The molecule has 0 aliphatic carbocycles. The number of aromatic nitrogens is 2. The molecule has 41 heavy (non-hydrogen) atoms. The van der Waals surface area contributed by atoms with Crippen LogP contribution < -0.4 is 21.1 Å². The van der Waals surface area contributed by atoms with Crippen LogP contribution in [0.25, 0.3) is 32.8 Å². The minimum absolute atomic E-state index is 0.0853. The Bertz CT molecular complexity index is 1730. The van der Waals surface area contributed by atoms with Crippen LogP contribution >= 0.6 is 11.6 Å². The van der Waals surface area contributed by atoms with Gasteiger partial charge < -0.3 is 20.3 Å². The first-order valence-corrected chi connectivity index (χ1v) is 14.5. The van der Waals surface area contributed by atoms with Crippen LogP contribution in [0.4, 0.5) is 5.82 Å². The Kier molecular flexibility index (Phi) is 7.21. The number of hydrogen-bond donors (Lipinski definition) is 1. The number of benzene rings is 3. The van der Waals surface area contributed by atoms with Gasteiger partial charge in [-0.1, -0.05) is 60.6 Å². The molecule has 1 saturated heterocycles. The summed E-state index contributed by atoms with van der Waals surface area (Å²) in [6.45, 7) is 9.54. The molecule has 8 nitrogen and oxygen atoms in total. The highest BCUT2D eigenvalue weighted by Gasteiger charge is 2.36. The van der Waals surface area contributed by atoms with E-state index in [1.807, 2.05) is 49.1 Å². The van der Waals surface area contributed by atoms with Crippen molar-refractivity contribution >= 4 is 45.0 Å². The van der Waals surface area contributed by atoms with Gasteiger partial charge in [0.2, 0.25) is 5.91 Å². The van der Waals surface area contributed by atoms with Gasteiger partial charge in [0.1, 0.15) is 12.4 Å². The van der Waals surface area contributed by atoms with E-state index in [0.29, 0.717) is 54.8 Å². The summed E-state index contributed by atoms with van der Waals surface area (Å²) in [7, 11) is 0. The summed E-state index contributed by atoms with van der Waals surface area (Å²) in [6, 6.07) is 15.8. The van der Waals surface area contributed by atoms with Gasteiger partial charge in [-0.2, -0.15) is 4.98 Å². The first-order chi connectivity index (χ1) is 19.8. The normalized spacial score (nSPS) is 20.3. The summed E-state index contributed by atoms with van der Waals surface area (Å²) in [4.78, 5) is 34.9. The van der Waals surface area contributed by atoms with Crippen molar-refractivity contribution in [1.29, 1.82) is 0 Å². The number of amides is 1. The maximum absolute atomic E-state index is 13.9. The van der Waals surface area contributed by atoms with Crippen molar-refractivity contribution in [3.63, 3.8) is 0 Å². The van der Waals surface area contributed by atoms with Crippen molar-refractivity contribution < 1.29 is 9.53 Å². The van der Waals surface area contributed by atoms with E-state index in [9.17, 15) is 9.59 Å². The lowest BCUT2D eigenvalue weighted by Crippen LogP contribution is -2.58. The highest BCUT2D eigenvalue weighted by atomic mass is 35.5. The van der Waals surface area contributed by atoms with Crippen LogP contribution in [0.5, 0.6) is 5.75 Å². The molecule has 2 aliphatic heterocycles. The Morgan fingerprint density at radius 1 is 1.15 bits per heavy atom. The van der Waals surface area contributed by atoms with Crippen LogP contribution in [0.2, 0.25) is 5.02 Å². The van der Waals surface area contributed by atoms with Gasteiger partial charge in [0.15, 0.2) is 5.75 Å². The standard InChI is InChI=1S/C32H34ClN5O3/c1-4-27(39)36-16-20(3)37(17-19(36)2)31-25-15-26(33)28(24-13-7-10-21-9-5-6-12-23(21)24)30-29(25)38(32(40)35-31)22(18-41-30)11-8-14-34/h4-7,9-10,12-13,15,19-20,22H,1,8,11,14,16-18,34H2,2-3H3/t19-,20+,22-/m1/s1. The monoisotopic (exact) mass is 571 g/mol. The first kappa shape index (κ1) is 27.3. The van der Waals surface area contributed by atoms with Crippen molar-refractivity contribution in [3.8, 4) is 16.9 Å². The van der Waals surface area contributed by atoms with E-state index in [1.54, 1.807) is 4.57 Å². The third-order valence-electron chi connectivity index (χ3n) is 8.40. The minimum Gasteiger partial charge on any atom is -0.488 e. The zero-order valence-electron chi connectivity index (χ0n) is 23.3. The largest absolute Gasteiger partial charge is 0.488 e. The topological polar surface area (TPSA) is 93.7 Å². The smallest absolute Gasteiger partial charge is 0.350 e. The van der Waals surface area contributed by atoms with E-state index in [4.69, 9.17) is 22.1 Å². The molecule has 1 fully saturated rings. The molecule has 3 aromatic carbocycles. The molecule has 2 aliphatic rings. The summed E-state index contributed by atoms with van der Waals surface area (Å²) in [5.41, 5.74) is 7.92. The highest BCUT2D eigenvalue weighted by Crippen LogP contribution is 2.48. The number of ether oxygens (including phenoxy) is 1. The fraction of sp³-hybridized carbons (Fsp3) is 0.344. The Morgan fingerprint density at radius 3 is 2.71 bits per heavy atom. The first-order valence-electron chi connectivity index (χ1n) is 14.1. The molecule has 0 radical (unpaired) electrons. The number of nitrogens with two attached hydrogens (primary N) is 1. The SMILES string of the molecule is C=CC(=O)N1C[C@H](C)N(c2nc(=O)n3c4c(c(-c5cccc6ccccc56)c(Cl)cc24)OC[C@H]3CCCN)C[C@H]1C. The summed E-state index contributed by atoms with van der Waals surface area (Å²) >= 11 is 7.12. The number of carbonyl (C=O) groups is 1. The van der Waals surface area contributed by atoms with Gasteiger partial charge >= 0.3 is 5.69 Å². The van der Waals surface area contributed by atoms with Crippen LogP contribution in [0.3, 0.4) is 0 Å². The minimum atomic E-state index is -0.324. The number of fused-ring (bicyclic) bond motifs is 1. The van der Waals surface area contributed by atoms with Crippen LogP contribution in [0.15, 0.2) is 66.0 Å². The molecule has 1 aromatic heterocycles. The number of nitrogens with zero attached hydrogens (tertiary/aromatic N) is 4. The maximum Gasteiger partial charge on any atom is 0.350 e. The molecule has 2 N–H and O–H groups in total. The summed E-state index contributed by atoms with van der Waals surface area (Å²) in [5.74, 6) is 1.05. The quantitative estimate of drug-likeness (QED) is 0.322. The van der Waals surface area contributed by atoms with E-state index in [2.05, 4.69) is 34.7 Å². The van der Waals surface area contributed by atoms with Crippen molar-refractivity contribution in [3.05, 3.63) is 76.7 Å². The van der Waals surface area contributed by atoms with E-state index < -0.39 is 0 Å². The van der Waals surface area contributed by atoms with Gasteiger partial charge in [-0.3, -0.25) is 9.36 Å². The van der Waals surface area contributed by atoms with Crippen LogP contribution in [-0.4, -0.2) is 58.7 Å². The Hall–Kier alpha value is -3.88. The van der Waals surface area contributed by atoms with E-state index >= 15 is 0 Å². The van der Waals surface area contributed by atoms with Crippen molar-refractivity contribution in [2.24, 2.45) is 5.73 Å². The Balaban J connectivity index is 1.60. The second-order valence-electron chi connectivity index (χ2n) is 11.0. The van der Waals surface area contributed by atoms with Crippen molar-refractivity contribution in [2.75, 3.05) is 31.1 Å². The molecule has 1 amide bonds. The molecule has 4 aromatic rings. The lowest BCUT2D eigenvalue weighted by atomic mass is 9.95.